The van der Waals surface area contributed by atoms with Crippen molar-refractivity contribution < 1.29 is 0 Å². The number of hydrogen-bond donors (Lipinski definition) is 0. The summed E-state index contributed by atoms with van der Waals surface area (Å²) >= 11 is 5.50. The maximum atomic E-state index is 2.75. The fourth-order valence-corrected chi connectivity index (χ4v) is 0. The molecule has 0 aromatic carbocycles. The van der Waals surface area contributed by atoms with Crippen molar-refractivity contribution in [2.75, 3.05) is 0 Å². The standard InChI is InChI=1S/C4H8.2Al/c1-3-4-2;;/h3-4H,1-2H3;;. The van der Waals surface area contributed by atoms with E-state index in [0.29, 0.717) is 0 Å². The Morgan fingerprint density at radius 1 is 1.00 bits per heavy atom. The molecule has 2 atom stereocenters. The first-order valence-electron chi connectivity index (χ1n) is 2.15. The van der Waals surface area contributed by atoms with Gasteiger partial charge in [0.15, 0.2) is 0 Å². The minimum atomic E-state index is 0.731. The smallest absolute Gasteiger partial charge is 0.121 e. The van der Waals surface area contributed by atoms with E-state index in [4.69, 9.17) is 0 Å². The Labute approximate surface area is 56.2 Å². The minimum absolute atomic E-state index is 0.731. The molecule has 30 valence electrons. The van der Waals surface area contributed by atoms with Crippen molar-refractivity contribution in [2.45, 2.75) is 23.4 Å². The summed E-state index contributed by atoms with van der Waals surface area (Å²) in [5.74, 6) is 0. The van der Waals surface area contributed by atoms with E-state index in [9.17, 15) is 0 Å². The van der Waals surface area contributed by atoms with E-state index in [1.54, 1.807) is 0 Å². The SMILES string of the molecule is C[CH]([Al])[CH](C)[Al]. The third-order valence-electron chi connectivity index (χ3n) is 0.829. The van der Waals surface area contributed by atoms with Crippen LogP contribution in [0, 0.1) is 0 Å². The van der Waals surface area contributed by atoms with Crippen molar-refractivity contribution >= 4 is 32.6 Å². The van der Waals surface area contributed by atoms with Crippen LogP contribution in [0.3, 0.4) is 0 Å². The van der Waals surface area contributed by atoms with E-state index in [-0.39, 0.29) is 0 Å². The van der Waals surface area contributed by atoms with Gasteiger partial charge in [0.25, 0.3) is 0 Å². The van der Waals surface area contributed by atoms with Gasteiger partial charge in [0.2, 0.25) is 0 Å². The van der Waals surface area contributed by atoms with Crippen molar-refractivity contribution in [2.24, 2.45) is 0 Å². The van der Waals surface area contributed by atoms with Gasteiger partial charge in [0.1, 0.15) is 32.6 Å². The summed E-state index contributed by atoms with van der Waals surface area (Å²) in [7, 11) is 0. The monoisotopic (exact) mass is 110 g/mol. The summed E-state index contributed by atoms with van der Waals surface area (Å²) in [6.45, 7) is 4.37. The van der Waals surface area contributed by atoms with Crippen LogP contribution in [0.4, 0.5) is 0 Å². The van der Waals surface area contributed by atoms with Gasteiger partial charge in [-0.25, -0.2) is 0 Å². The summed E-state index contributed by atoms with van der Waals surface area (Å²) in [6, 6.07) is 0. The van der Waals surface area contributed by atoms with Crippen molar-refractivity contribution in [1.29, 1.82) is 0 Å². The zero-order valence-electron chi connectivity index (χ0n) is 4.31. The van der Waals surface area contributed by atoms with Gasteiger partial charge in [-0.15, -0.1) is 9.56 Å². The highest BCUT2D eigenvalue weighted by Gasteiger charge is 1.93. The molecule has 0 nitrogen and oxygen atoms in total. The molecule has 4 radical (unpaired) electrons. The molecule has 0 bridgehead atoms. The molecule has 0 heterocycles. The first kappa shape index (κ1) is 7.06. The van der Waals surface area contributed by atoms with E-state index in [2.05, 4.69) is 46.4 Å². The predicted octanol–water partition coefficient (Wildman–Crippen LogP) is 0.940. The lowest BCUT2D eigenvalue weighted by molar-refractivity contribution is 0.875. The van der Waals surface area contributed by atoms with Gasteiger partial charge >= 0.3 is 0 Å². The molecule has 0 fully saturated rings. The highest BCUT2D eigenvalue weighted by molar-refractivity contribution is 6.20. The lowest BCUT2D eigenvalue weighted by Crippen LogP contribution is -1.92. The van der Waals surface area contributed by atoms with Crippen LogP contribution >= 0.6 is 0 Å². The molecule has 2 heteroatoms. The van der Waals surface area contributed by atoms with Crippen LogP contribution in [-0.4, -0.2) is 32.6 Å². The van der Waals surface area contributed by atoms with E-state index in [1.165, 1.54) is 0 Å². The molecule has 2 unspecified atom stereocenters. The third kappa shape index (κ3) is 3.26. The third-order valence-corrected chi connectivity index (χ3v) is 2.49. The predicted molar refractivity (Wildman–Crippen MR) is 30.4 cm³/mol. The molecule has 0 rings (SSSR count). The Hall–Kier alpha value is 1.06. The van der Waals surface area contributed by atoms with E-state index in [0.717, 1.165) is 9.56 Å². The largest absolute Gasteiger partial charge is 0.121 e. The Bertz CT molecular complexity index is 26.5. The van der Waals surface area contributed by atoms with Crippen molar-refractivity contribution in [3.05, 3.63) is 0 Å². The van der Waals surface area contributed by atoms with Gasteiger partial charge in [-0.1, -0.05) is 13.8 Å². The highest BCUT2D eigenvalue weighted by atomic mass is 27.1. The molecule has 0 saturated carbocycles. The maximum absolute atomic E-state index is 2.75. The quantitative estimate of drug-likeness (QED) is 0.440. The normalized spacial score (nSPS) is 19.7. The molecular formula is C4H8Al2. The zero-order valence-corrected chi connectivity index (χ0v) is 6.62. The highest BCUT2D eigenvalue weighted by Crippen LogP contribution is 2.12. The Morgan fingerprint density at radius 3 is 1.17 bits per heavy atom. The van der Waals surface area contributed by atoms with Crippen LogP contribution < -0.4 is 0 Å². The summed E-state index contributed by atoms with van der Waals surface area (Å²) in [4.78, 5) is 0. The molecule has 6 heavy (non-hydrogen) atoms. The van der Waals surface area contributed by atoms with Crippen LogP contribution in [0.2, 0.25) is 9.56 Å². The van der Waals surface area contributed by atoms with Crippen LogP contribution in [0.25, 0.3) is 0 Å². The molecule has 0 aliphatic heterocycles. The molecule has 0 aliphatic rings. The Balaban J connectivity index is 2.99. The molecule has 0 aromatic rings. The van der Waals surface area contributed by atoms with Crippen LogP contribution in [0.5, 0.6) is 0 Å². The van der Waals surface area contributed by atoms with Crippen molar-refractivity contribution in [1.82, 2.24) is 0 Å². The van der Waals surface area contributed by atoms with Gasteiger partial charge in [-0.3, -0.25) is 0 Å². The van der Waals surface area contributed by atoms with Crippen molar-refractivity contribution in [3.8, 4) is 0 Å². The number of hydrogen-bond acceptors (Lipinski definition) is 0. The second-order valence-corrected chi connectivity index (χ2v) is 3.82. The average molecular weight is 110 g/mol. The molecule has 0 saturated heterocycles. The minimum Gasteiger partial charge on any atom is -0.121 e. The molecular weight excluding hydrogens is 102 g/mol. The second kappa shape index (κ2) is 3.12. The first-order chi connectivity index (χ1) is 2.64. The van der Waals surface area contributed by atoms with Gasteiger partial charge < -0.3 is 0 Å². The molecule has 0 spiro atoms. The van der Waals surface area contributed by atoms with Gasteiger partial charge in [-0.2, -0.15) is 0 Å². The van der Waals surface area contributed by atoms with E-state index >= 15 is 0 Å². The van der Waals surface area contributed by atoms with Crippen LogP contribution in [0.1, 0.15) is 13.8 Å². The van der Waals surface area contributed by atoms with Gasteiger partial charge in [0, 0.05) is 0 Å². The molecule has 0 aromatic heterocycles. The fourth-order valence-electron chi connectivity index (χ4n) is 0. The van der Waals surface area contributed by atoms with Crippen LogP contribution in [-0.2, 0) is 0 Å². The lowest BCUT2D eigenvalue weighted by atomic mass is 10.3. The van der Waals surface area contributed by atoms with E-state index in [1.807, 2.05) is 0 Å². The van der Waals surface area contributed by atoms with Gasteiger partial charge in [-0.05, 0) is 0 Å². The first-order valence-corrected chi connectivity index (χ1v) is 3.49. The molecule has 0 aliphatic carbocycles. The zero-order chi connectivity index (χ0) is 5.15. The van der Waals surface area contributed by atoms with Crippen molar-refractivity contribution in [3.63, 3.8) is 0 Å². The Kier molecular flexibility index (Phi) is 3.67. The summed E-state index contributed by atoms with van der Waals surface area (Å²) in [6.07, 6.45) is 0. The topological polar surface area (TPSA) is 0 Å². The Morgan fingerprint density at radius 2 is 1.17 bits per heavy atom. The molecule has 0 amide bonds. The van der Waals surface area contributed by atoms with Crippen LogP contribution in [0.15, 0.2) is 0 Å². The van der Waals surface area contributed by atoms with E-state index < -0.39 is 0 Å². The summed E-state index contributed by atoms with van der Waals surface area (Å²) in [5, 5.41) is 0. The molecule has 0 N–H and O–H groups in total. The fraction of sp³-hybridized carbons (Fsp3) is 1.00. The summed E-state index contributed by atoms with van der Waals surface area (Å²) in [5.41, 5.74) is 0. The average Bonchev–Trinajstić information content (AvgIpc) is 1.36. The number of rotatable bonds is 1. The van der Waals surface area contributed by atoms with Gasteiger partial charge in [0.05, 0.1) is 0 Å². The lowest BCUT2D eigenvalue weighted by Gasteiger charge is -2.08. The second-order valence-electron chi connectivity index (χ2n) is 1.72. The summed E-state index contributed by atoms with van der Waals surface area (Å²) < 4.78 is 1.46. The maximum Gasteiger partial charge on any atom is 0.121 e.